The molecule has 0 fully saturated rings. The number of ether oxygens (including phenoxy) is 1. The highest BCUT2D eigenvalue weighted by Gasteiger charge is 2.10. The molecule has 0 atom stereocenters. The van der Waals surface area contributed by atoms with E-state index >= 15 is 0 Å². The Morgan fingerprint density at radius 1 is 1.19 bits per heavy atom. The van der Waals surface area contributed by atoms with Crippen molar-refractivity contribution in [3.8, 4) is 5.75 Å². The highest BCUT2D eigenvalue weighted by molar-refractivity contribution is 5.24. The molecule has 0 saturated heterocycles. The van der Waals surface area contributed by atoms with Gasteiger partial charge in [-0.15, -0.1) is 0 Å². The molecule has 0 unspecified atom stereocenters. The summed E-state index contributed by atoms with van der Waals surface area (Å²) >= 11 is 0. The minimum atomic E-state index is -1.53. The number of hydrogen-bond donors (Lipinski definition) is 3. The molecular formula is C19H20FN3O4. The number of benzene rings is 1. The average Bonchev–Trinajstić information content (AvgIpc) is 3.08. The first-order valence-corrected chi connectivity index (χ1v) is 8.36. The van der Waals surface area contributed by atoms with E-state index in [1.54, 1.807) is 31.2 Å². The van der Waals surface area contributed by atoms with Crippen LogP contribution in [0.25, 0.3) is 0 Å². The Labute approximate surface area is 155 Å². The number of hydrogen-bond acceptors (Lipinski definition) is 7. The van der Waals surface area contributed by atoms with E-state index in [1.165, 1.54) is 18.4 Å². The second kappa shape index (κ2) is 8.72. The maximum absolute atomic E-state index is 12.9. The van der Waals surface area contributed by atoms with Crippen molar-refractivity contribution in [1.29, 1.82) is 0 Å². The summed E-state index contributed by atoms with van der Waals surface area (Å²) < 4.78 is 23.5. The molecular weight excluding hydrogens is 353 g/mol. The van der Waals surface area contributed by atoms with Gasteiger partial charge in [0.25, 0.3) is 0 Å². The van der Waals surface area contributed by atoms with E-state index in [0.29, 0.717) is 41.5 Å². The normalized spacial score (nSPS) is 11.1. The Bertz CT molecular complexity index is 881. The third kappa shape index (κ3) is 5.33. The van der Waals surface area contributed by atoms with E-state index in [-0.39, 0.29) is 12.4 Å². The molecule has 0 saturated carbocycles. The zero-order valence-corrected chi connectivity index (χ0v) is 14.7. The number of nitrogens with zero attached hydrogens (tertiary/aromatic N) is 2. The predicted molar refractivity (Wildman–Crippen MR) is 93.9 cm³/mol. The highest BCUT2D eigenvalue weighted by atomic mass is 19.1. The number of halogens is 1. The highest BCUT2D eigenvalue weighted by Crippen LogP contribution is 2.16. The fourth-order valence-corrected chi connectivity index (χ4v) is 2.55. The number of pyridine rings is 1. The zero-order valence-electron chi connectivity index (χ0n) is 14.7. The quantitative estimate of drug-likeness (QED) is 0.521. The molecule has 0 aliphatic rings. The SMILES string of the molecule is Cc1cc(C(O)O)cc(CNCc2nocc2COc2ccc(F)cc2)n1. The Morgan fingerprint density at radius 3 is 2.70 bits per heavy atom. The van der Waals surface area contributed by atoms with Crippen molar-refractivity contribution < 1.29 is 23.9 Å². The van der Waals surface area contributed by atoms with Gasteiger partial charge in [-0.05, 0) is 43.3 Å². The van der Waals surface area contributed by atoms with Crippen LogP contribution in [0.1, 0.15) is 34.5 Å². The van der Waals surface area contributed by atoms with Gasteiger partial charge in [-0.3, -0.25) is 4.98 Å². The Hall–Kier alpha value is -2.81. The van der Waals surface area contributed by atoms with Crippen LogP contribution in [0.15, 0.2) is 47.2 Å². The van der Waals surface area contributed by atoms with Gasteiger partial charge in [-0.1, -0.05) is 5.16 Å². The first-order chi connectivity index (χ1) is 13.0. The molecule has 0 bridgehead atoms. The first-order valence-electron chi connectivity index (χ1n) is 8.36. The van der Waals surface area contributed by atoms with E-state index in [1.807, 2.05) is 0 Å². The molecule has 142 valence electrons. The summed E-state index contributed by atoms with van der Waals surface area (Å²) in [6.45, 7) is 2.88. The summed E-state index contributed by atoms with van der Waals surface area (Å²) in [4.78, 5) is 4.36. The van der Waals surface area contributed by atoms with E-state index in [4.69, 9.17) is 9.26 Å². The summed E-state index contributed by atoms with van der Waals surface area (Å²) in [5.41, 5.74) is 3.25. The van der Waals surface area contributed by atoms with Gasteiger partial charge in [0.05, 0.1) is 11.3 Å². The zero-order chi connectivity index (χ0) is 19.2. The second-order valence-electron chi connectivity index (χ2n) is 6.04. The largest absolute Gasteiger partial charge is 0.489 e. The molecule has 0 spiro atoms. The van der Waals surface area contributed by atoms with Crippen LogP contribution in [-0.4, -0.2) is 20.4 Å². The van der Waals surface area contributed by atoms with Crippen molar-refractivity contribution in [1.82, 2.24) is 15.5 Å². The van der Waals surface area contributed by atoms with Gasteiger partial charge in [0, 0.05) is 24.3 Å². The number of rotatable bonds is 8. The summed E-state index contributed by atoms with van der Waals surface area (Å²) in [7, 11) is 0. The Kier molecular flexibility index (Phi) is 6.12. The van der Waals surface area contributed by atoms with Gasteiger partial charge < -0.3 is 24.8 Å². The predicted octanol–water partition coefficient (Wildman–Crippen LogP) is 2.37. The molecule has 2 aromatic heterocycles. The summed E-state index contributed by atoms with van der Waals surface area (Å²) in [6, 6.07) is 9.02. The molecule has 0 amide bonds. The van der Waals surface area contributed by atoms with Crippen LogP contribution in [0.5, 0.6) is 5.75 Å². The molecule has 3 aromatic rings. The Balaban J connectivity index is 1.55. The van der Waals surface area contributed by atoms with Gasteiger partial charge >= 0.3 is 0 Å². The first kappa shape index (κ1) is 19.0. The fourth-order valence-electron chi connectivity index (χ4n) is 2.55. The van der Waals surface area contributed by atoms with Crippen molar-refractivity contribution >= 4 is 0 Å². The van der Waals surface area contributed by atoms with E-state index in [9.17, 15) is 14.6 Å². The molecule has 0 aliphatic heterocycles. The van der Waals surface area contributed by atoms with Gasteiger partial charge in [-0.25, -0.2) is 4.39 Å². The Morgan fingerprint density at radius 2 is 1.96 bits per heavy atom. The standard InChI is InChI=1S/C19H20FN3O4/c1-12-6-13(19(24)25)7-16(22-12)8-21-9-18-14(11-27-23-18)10-26-17-4-2-15(20)3-5-17/h2-7,11,19,21,24-25H,8-10H2,1H3. The van der Waals surface area contributed by atoms with Gasteiger partial charge in [0.15, 0.2) is 6.29 Å². The lowest BCUT2D eigenvalue weighted by molar-refractivity contribution is -0.0426. The maximum Gasteiger partial charge on any atom is 0.178 e. The van der Waals surface area contributed by atoms with Gasteiger partial charge in [-0.2, -0.15) is 0 Å². The number of aliphatic hydroxyl groups is 2. The van der Waals surface area contributed by atoms with Crippen LogP contribution in [0.3, 0.4) is 0 Å². The van der Waals surface area contributed by atoms with E-state index in [0.717, 1.165) is 5.56 Å². The lowest BCUT2D eigenvalue weighted by Crippen LogP contribution is -2.16. The molecule has 3 N–H and O–H groups in total. The lowest BCUT2D eigenvalue weighted by Gasteiger charge is -2.09. The molecule has 27 heavy (non-hydrogen) atoms. The van der Waals surface area contributed by atoms with E-state index < -0.39 is 6.29 Å². The summed E-state index contributed by atoms with van der Waals surface area (Å²) in [5, 5.41) is 25.8. The van der Waals surface area contributed by atoms with Gasteiger partial charge in [0.1, 0.15) is 30.1 Å². The monoisotopic (exact) mass is 373 g/mol. The minimum absolute atomic E-state index is 0.246. The van der Waals surface area contributed by atoms with Crippen molar-refractivity contribution in [2.75, 3.05) is 0 Å². The number of aliphatic hydroxyl groups excluding tert-OH is 1. The van der Waals surface area contributed by atoms with Crippen LogP contribution in [0.2, 0.25) is 0 Å². The van der Waals surface area contributed by atoms with Crippen LogP contribution >= 0.6 is 0 Å². The fraction of sp³-hybridized carbons (Fsp3) is 0.263. The smallest absolute Gasteiger partial charge is 0.178 e. The molecule has 0 aliphatic carbocycles. The van der Waals surface area contributed by atoms with Crippen molar-refractivity contribution in [2.24, 2.45) is 0 Å². The van der Waals surface area contributed by atoms with Crippen molar-refractivity contribution in [3.63, 3.8) is 0 Å². The molecule has 0 radical (unpaired) electrons. The van der Waals surface area contributed by atoms with Crippen LogP contribution in [-0.2, 0) is 19.7 Å². The molecule has 7 nitrogen and oxygen atoms in total. The number of aryl methyl sites for hydroxylation is 1. The number of nitrogens with one attached hydrogen (secondary N) is 1. The molecule has 8 heteroatoms. The van der Waals surface area contributed by atoms with E-state index in [2.05, 4.69) is 15.5 Å². The number of aromatic nitrogens is 2. The third-order valence-corrected chi connectivity index (χ3v) is 3.86. The second-order valence-corrected chi connectivity index (χ2v) is 6.04. The van der Waals surface area contributed by atoms with Crippen molar-refractivity contribution in [2.45, 2.75) is 32.9 Å². The van der Waals surface area contributed by atoms with Crippen LogP contribution < -0.4 is 10.1 Å². The van der Waals surface area contributed by atoms with Gasteiger partial charge in [0.2, 0.25) is 0 Å². The lowest BCUT2D eigenvalue weighted by atomic mass is 10.2. The average molecular weight is 373 g/mol. The summed E-state index contributed by atoms with van der Waals surface area (Å²) in [5.74, 6) is 0.231. The third-order valence-electron chi connectivity index (χ3n) is 3.86. The topological polar surface area (TPSA) is 101 Å². The van der Waals surface area contributed by atoms with Crippen LogP contribution in [0, 0.1) is 12.7 Å². The van der Waals surface area contributed by atoms with Crippen molar-refractivity contribution in [3.05, 3.63) is 76.7 Å². The van der Waals surface area contributed by atoms with Crippen LogP contribution in [0.4, 0.5) is 4.39 Å². The molecule has 1 aromatic carbocycles. The molecule has 3 rings (SSSR count). The molecule has 2 heterocycles. The maximum atomic E-state index is 12.9. The summed E-state index contributed by atoms with van der Waals surface area (Å²) in [6.07, 6.45) is -0.0257. The minimum Gasteiger partial charge on any atom is -0.489 e.